The van der Waals surface area contributed by atoms with Crippen LogP contribution in [0.1, 0.15) is 16.1 Å². The summed E-state index contributed by atoms with van der Waals surface area (Å²) in [7, 11) is -3.18. The lowest BCUT2D eigenvalue weighted by molar-refractivity contribution is 0.0995. The lowest BCUT2D eigenvalue weighted by atomic mass is 10.2. The second-order valence-corrected chi connectivity index (χ2v) is 6.58. The number of carbonyl (C=O) groups excluding carboxylic acids is 1. The van der Waals surface area contributed by atoms with Gasteiger partial charge in [-0.3, -0.25) is 9.78 Å². The number of nitrogens with zero attached hydrogens (tertiary/aromatic N) is 1. The van der Waals surface area contributed by atoms with E-state index in [0.29, 0.717) is 12.2 Å². The monoisotopic (exact) mass is 305 g/mol. The van der Waals surface area contributed by atoms with Gasteiger partial charge in [0.25, 0.3) is 5.91 Å². The SMILES string of the molecule is CS(=O)(=O)c1ccc(CNc2ccnc(C(N)=O)c2)cc1. The Morgan fingerprint density at radius 1 is 1.24 bits per heavy atom. The number of pyridine rings is 1. The van der Waals surface area contributed by atoms with Gasteiger partial charge in [0, 0.05) is 24.7 Å². The molecule has 0 radical (unpaired) electrons. The molecule has 0 aliphatic carbocycles. The number of rotatable bonds is 5. The molecule has 110 valence electrons. The van der Waals surface area contributed by atoms with Crippen LogP contribution in [0.25, 0.3) is 0 Å². The van der Waals surface area contributed by atoms with Crippen LogP contribution in [0.15, 0.2) is 47.5 Å². The molecule has 1 amide bonds. The molecule has 0 aliphatic heterocycles. The minimum atomic E-state index is -3.18. The van der Waals surface area contributed by atoms with Crippen LogP contribution in [0.5, 0.6) is 0 Å². The van der Waals surface area contributed by atoms with Crippen molar-refractivity contribution in [3.8, 4) is 0 Å². The lowest BCUT2D eigenvalue weighted by Crippen LogP contribution is -2.13. The molecule has 1 aromatic carbocycles. The van der Waals surface area contributed by atoms with Crippen molar-refractivity contribution < 1.29 is 13.2 Å². The summed E-state index contributed by atoms with van der Waals surface area (Å²) in [6.07, 6.45) is 2.66. The Bertz CT molecular complexity index is 755. The van der Waals surface area contributed by atoms with E-state index < -0.39 is 15.7 Å². The predicted molar refractivity (Wildman–Crippen MR) is 79.6 cm³/mol. The summed E-state index contributed by atoms with van der Waals surface area (Å²) in [5.41, 5.74) is 6.98. The quantitative estimate of drug-likeness (QED) is 0.864. The van der Waals surface area contributed by atoms with Crippen LogP contribution in [0.4, 0.5) is 5.69 Å². The number of carbonyl (C=O) groups is 1. The molecule has 0 unspecified atom stereocenters. The molecule has 6 nitrogen and oxygen atoms in total. The van der Waals surface area contributed by atoms with Gasteiger partial charge < -0.3 is 11.1 Å². The zero-order valence-electron chi connectivity index (χ0n) is 11.4. The van der Waals surface area contributed by atoms with Crippen LogP contribution in [0.2, 0.25) is 0 Å². The van der Waals surface area contributed by atoms with E-state index in [1.165, 1.54) is 12.5 Å². The maximum atomic E-state index is 11.4. The Kier molecular flexibility index (Phi) is 4.23. The van der Waals surface area contributed by atoms with Gasteiger partial charge in [0.1, 0.15) is 5.69 Å². The highest BCUT2D eigenvalue weighted by Gasteiger charge is 2.06. The van der Waals surface area contributed by atoms with Crippen molar-refractivity contribution in [2.45, 2.75) is 11.4 Å². The fourth-order valence-electron chi connectivity index (χ4n) is 1.73. The molecule has 0 fully saturated rings. The largest absolute Gasteiger partial charge is 0.381 e. The van der Waals surface area contributed by atoms with Crippen LogP contribution in [0.3, 0.4) is 0 Å². The first-order chi connectivity index (χ1) is 9.86. The number of aromatic nitrogens is 1. The van der Waals surface area contributed by atoms with Crippen molar-refractivity contribution in [2.24, 2.45) is 5.73 Å². The molecular formula is C14H15N3O3S. The molecule has 0 saturated heterocycles. The Hall–Kier alpha value is -2.41. The van der Waals surface area contributed by atoms with E-state index in [9.17, 15) is 13.2 Å². The molecule has 0 atom stereocenters. The van der Waals surface area contributed by atoms with Gasteiger partial charge in [-0.05, 0) is 29.8 Å². The van der Waals surface area contributed by atoms with Crippen molar-refractivity contribution in [1.82, 2.24) is 4.98 Å². The third-order valence-electron chi connectivity index (χ3n) is 2.86. The molecule has 0 saturated carbocycles. The minimum Gasteiger partial charge on any atom is -0.381 e. The molecule has 0 spiro atoms. The summed E-state index contributed by atoms with van der Waals surface area (Å²) in [5, 5.41) is 3.12. The number of nitrogens with two attached hydrogens (primary N) is 1. The molecule has 1 heterocycles. The van der Waals surface area contributed by atoms with Crippen LogP contribution in [0, 0.1) is 0 Å². The minimum absolute atomic E-state index is 0.187. The molecule has 1 aromatic heterocycles. The van der Waals surface area contributed by atoms with E-state index in [1.807, 2.05) is 0 Å². The number of anilines is 1. The van der Waals surface area contributed by atoms with Crippen LogP contribution >= 0.6 is 0 Å². The average molecular weight is 305 g/mol. The van der Waals surface area contributed by atoms with E-state index >= 15 is 0 Å². The first-order valence-corrected chi connectivity index (χ1v) is 8.04. The lowest BCUT2D eigenvalue weighted by Gasteiger charge is -2.07. The number of amides is 1. The van der Waals surface area contributed by atoms with Gasteiger partial charge in [0.05, 0.1) is 4.90 Å². The number of nitrogens with one attached hydrogen (secondary N) is 1. The maximum absolute atomic E-state index is 11.4. The molecule has 21 heavy (non-hydrogen) atoms. The van der Waals surface area contributed by atoms with Crippen molar-refractivity contribution in [3.63, 3.8) is 0 Å². The van der Waals surface area contributed by atoms with E-state index in [4.69, 9.17) is 5.73 Å². The smallest absolute Gasteiger partial charge is 0.267 e. The van der Waals surface area contributed by atoms with Crippen LogP contribution in [-0.2, 0) is 16.4 Å². The summed E-state index contributed by atoms with van der Waals surface area (Å²) in [6.45, 7) is 0.492. The van der Waals surface area contributed by atoms with Gasteiger partial charge in [0.2, 0.25) is 0 Å². The number of hydrogen-bond donors (Lipinski definition) is 2. The highest BCUT2D eigenvalue weighted by Crippen LogP contribution is 2.13. The second kappa shape index (κ2) is 5.92. The number of benzene rings is 1. The molecular weight excluding hydrogens is 290 g/mol. The normalized spacial score (nSPS) is 11.1. The fourth-order valence-corrected chi connectivity index (χ4v) is 2.36. The summed E-state index contributed by atoms with van der Waals surface area (Å²) in [6, 6.07) is 9.88. The van der Waals surface area contributed by atoms with Crippen LogP contribution < -0.4 is 11.1 Å². The summed E-state index contributed by atoms with van der Waals surface area (Å²) >= 11 is 0. The highest BCUT2D eigenvalue weighted by molar-refractivity contribution is 7.90. The van der Waals surface area contributed by atoms with Crippen molar-refractivity contribution in [3.05, 3.63) is 53.9 Å². The number of sulfone groups is 1. The summed E-state index contributed by atoms with van der Waals surface area (Å²) in [4.78, 5) is 15.2. The van der Waals surface area contributed by atoms with Gasteiger partial charge in [-0.25, -0.2) is 8.42 Å². The van der Waals surface area contributed by atoms with E-state index in [0.717, 1.165) is 5.56 Å². The Balaban J connectivity index is 2.06. The maximum Gasteiger partial charge on any atom is 0.267 e. The highest BCUT2D eigenvalue weighted by atomic mass is 32.2. The average Bonchev–Trinajstić information content (AvgIpc) is 2.45. The third kappa shape index (κ3) is 4.03. The zero-order chi connectivity index (χ0) is 15.5. The van der Waals surface area contributed by atoms with Crippen molar-refractivity contribution in [2.75, 3.05) is 11.6 Å². The van der Waals surface area contributed by atoms with Gasteiger partial charge in [-0.1, -0.05) is 12.1 Å². The van der Waals surface area contributed by atoms with Gasteiger partial charge in [-0.2, -0.15) is 0 Å². The Morgan fingerprint density at radius 2 is 1.90 bits per heavy atom. The molecule has 0 bridgehead atoms. The number of hydrogen-bond acceptors (Lipinski definition) is 5. The first-order valence-electron chi connectivity index (χ1n) is 6.15. The summed E-state index contributed by atoms with van der Waals surface area (Å²) < 4.78 is 22.7. The van der Waals surface area contributed by atoms with Gasteiger partial charge >= 0.3 is 0 Å². The van der Waals surface area contributed by atoms with Crippen molar-refractivity contribution in [1.29, 1.82) is 0 Å². The van der Waals surface area contributed by atoms with Gasteiger partial charge in [-0.15, -0.1) is 0 Å². The fraction of sp³-hybridized carbons (Fsp3) is 0.143. The molecule has 3 N–H and O–H groups in total. The molecule has 2 aromatic rings. The molecule has 0 aliphatic rings. The Labute approximate surface area is 122 Å². The van der Waals surface area contributed by atoms with E-state index in [1.54, 1.807) is 36.4 Å². The summed E-state index contributed by atoms with van der Waals surface area (Å²) in [5.74, 6) is -0.587. The van der Waals surface area contributed by atoms with E-state index in [2.05, 4.69) is 10.3 Å². The van der Waals surface area contributed by atoms with Gasteiger partial charge in [0.15, 0.2) is 9.84 Å². The first kappa shape index (κ1) is 15.0. The van der Waals surface area contributed by atoms with Crippen molar-refractivity contribution >= 4 is 21.4 Å². The molecule has 7 heteroatoms. The Morgan fingerprint density at radius 3 is 2.48 bits per heavy atom. The second-order valence-electron chi connectivity index (χ2n) is 4.56. The standard InChI is InChI=1S/C14H15N3O3S/c1-21(19,20)12-4-2-10(3-5-12)9-17-11-6-7-16-13(8-11)14(15)18/h2-8H,9H2,1H3,(H2,15,18)(H,16,17). The third-order valence-corrected chi connectivity index (χ3v) is 3.99. The molecule has 2 rings (SSSR count). The van der Waals surface area contributed by atoms with E-state index in [-0.39, 0.29) is 10.6 Å². The predicted octanol–water partition coefficient (Wildman–Crippen LogP) is 1.20. The zero-order valence-corrected chi connectivity index (χ0v) is 12.2. The topological polar surface area (TPSA) is 102 Å². The van der Waals surface area contributed by atoms with Crippen LogP contribution in [-0.4, -0.2) is 25.6 Å². The number of primary amides is 1.